The van der Waals surface area contributed by atoms with Gasteiger partial charge in [-0.3, -0.25) is 4.79 Å². The van der Waals surface area contributed by atoms with Gasteiger partial charge in [0.05, 0.1) is 23.1 Å². The van der Waals surface area contributed by atoms with Gasteiger partial charge in [-0.2, -0.15) is 4.31 Å². The molecule has 32 heavy (non-hydrogen) atoms. The summed E-state index contributed by atoms with van der Waals surface area (Å²) >= 11 is 7.59. The Balaban J connectivity index is 1.40. The first-order chi connectivity index (χ1) is 15.4. The van der Waals surface area contributed by atoms with E-state index in [0.29, 0.717) is 30.4 Å². The SMILES string of the molecule is O=C(Nc1ccc(Cl)c(S(=O)(=O)N2CCOCC2)c1)c1cc2c(s1)-c1ccccc1OC2. The number of benzene rings is 2. The van der Waals surface area contributed by atoms with Crippen molar-refractivity contribution in [2.24, 2.45) is 0 Å². The second kappa shape index (κ2) is 8.49. The fourth-order valence-electron chi connectivity index (χ4n) is 3.71. The molecule has 7 nitrogen and oxygen atoms in total. The normalized spacial score (nSPS) is 16.0. The van der Waals surface area contributed by atoms with Gasteiger partial charge in [-0.05, 0) is 36.4 Å². The number of halogens is 1. The van der Waals surface area contributed by atoms with Gasteiger partial charge in [0.1, 0.15) is 17.3 Å². The monoisotopic (exact) mass is 490 g/mol. The number of sulfonamides is 1. The number of nitrogens with zero attached hydrogens (tertiary/aromatic N) is 1. The van der Waals surface area contributed by atoms with Gasteiger partial charge < -0.3 is 14.8 Å². The van der Waals surface area contributed by atoms with Crippen molar-refractivity contribution in [1.82, 2.24) is 4.31 Å². The lowest BCUT2D eigenvalue weighted by molar-refractivity contribution is 0.0730. The second-order valence-electron chi connectivity index (χ2n) is 7.37. The Morgan fingerprint density at radius 3 is 2.69 bits per heavy atom. The Bertz CT molecular complexity index is 1300. The van der Waals surface area contributed by atoms with Gasteiger partial charge in [-0.25, -0.2) is 8.42 Å². The maximum absolute atomic E-state index is 13.0. The number of amides is 1. The van der Waals surface area contributed by atoms with Gasteiger partial charge in [0.25, 0.3) is 5.91 Å². The number of carbonyl (C=O) groups excluding carboxylic acids is 1. The highest BCUT2D eigenvalue weighted by Gasteiger charge is 2.29. The molecule has 0 bridgehead atoms. The summed E-state index contributed by atoms with van der Waals surface area (Å²) in [5.41, 5.74) is 2.27. The van der Waals surface area contributed by atoms with Crippen LogP contribution in [0.4, 0.5) is 5.69 Å². The number of nitrogens with one attached hydrogen (secondary N) is 1. The van der Waals surface area contributed by atoms with Crippen molar-refractivity contribution >= 4 is 44.6 Å². The Morgan fingerprint density at radius 1 is 1.09 bits per heavy atom. The highest BCUT2D eigenvalue weighted by atomic mass is 35.5. The average molecular weight is 491 g/mol. The summed E-state index contributed by atoms with van der Waals surface area (Å²) in [5, 5.41) is 2.90. The van der Waals surface area contributed by atoms with E-state index in [1.54, 1.807) is 6.07 Å². The molecule has 166 valence electrons. The predicted molar refractivity (Wildman–Crippen MR) is 123 cm³/mol. The molecule has 5 rings (SSSR count). The number of para-hydroxylation sites is 1. The number of anilines is 1. The molecule has 2 aromatic carbocycles. The molecule has 0 aliphatic carbocycles. The van der Waals surface area contributed by atoms with E-state index in [4.69, 9.17) is 21.1 Å². The Morgan fingerprint density at radius 2 is 1.88 bits per heavy atom. The third-order valence-electron chi connectivity index (χ3n) is 5.32. The van der Waals surface area contributed by atoms with Crippen LogP contribution in [0.2, 0.25) is 5.02 Å². The van der Waals surface area contributed by atoms with E-state index in [1.165, 1.54) is 27.8 Å². The Labute approximate surface area is 194 Å². The fraction of sp³-hybridized carbons (Fsp3) is 0.227. The van der Waals surface area contributed by atoms with Gasteiger partial charge >= 0.3 is 0 Å². The molecule has 0 atom stereocenters. The number of carbonyl (C=O) groups is 1. The van der Waals surface area contributed by atoms with E-state index in [-0.39, 0.29) is 28.9 Å². The van der Waals surface area contributed by atoms with E-state index in [2.05, 4.69) is 5.32 Å². The molecule has 10 heteroatoms. The van der Waals surface area contributed by atoms with Crippen molar-refractivity contribution in [3.8, 4) is 16.2 Å². The molecule has 3 heterocycles. The predicted octanol–water partition coefficient (Wildman–Crippen LogP) is 4.23. The minimum absolute atomic E-state index is 0.0355. The minimum Gasteiger partial charge on any atom is -0.488 e. The first-order valence-electron chi connectivity index (χ1n) is 9.97. The number of ether oxygens (including phenoxy) is 2. The molecule has 2 aliphatic rings. The van der Waals surface area contributed by atoms with Crippen molar-refractivity contribution in [2.75, 3.05) is 31.6 Å². The third kappa shape index (κ3) is 3.91. The van der Waals surface area contributed by atoms with Gasteiger partial charge in [0, 0.05) is 34.8 Å². The van der Waals surface area contributed by atoms with Crippen molar-refractivity contribution in [3.63, 3.8) is 0 Å². The van der Waals surface area contributed by atoms with Gasteiger partial charge in [-0.1, -0.05) is 23.7 Å². The molecule has 0 unspecified atom stereocenters. The van der Waals surface area contributed by atoms with Crippen LogP contribution in [0.5, 0.6) is 5.75 Å². The first kappa shape index (κ1) is 21.4. The van der Waals surface area contributed by atoms with Crippen LogP contribution in [0.25, 0.3) is 10.4 Å². The summed E-state index contributed by atoms with van der Waals surface area (Å²) in [6.45, 7) is 1.60. The summed E-state index contributed by atoms with van der Waals surface area (Å²) in [6.07, 6.45) is 0. The highest BCUT2D eigenvalue weighted by Crippen LogP contribution is 2.42. The van der Waals surface area contributed by atoms with Crippen LogP contribution in [0.3, 0.4) is 0 Å². The molecule has 0 saturated carbocycles. The molecule has 1 N–H and O–H groups in total. The summed E-state index contributed by atoms with van der Waals surface area (Å²) in [4.78, 5) is 14.4. The van der Waals surface area contributed by atoms with E-state index in [0.717, 1.165) is 21.8 Å². The molecule has 3 aromatic rings. The first-order valence-corrected chi connectivity index (χ1v) is 12.6. The number of hydrogen-bond donors (Lipinski definition) is 1. The number of thiophene rings is 1. The maximum Gasteiger partial charge on any atom is 0.265 e. The summed E-state index contributed by atoms with van der Waals surface area (Å²) in [6, 6.07) is 14.0. The molecule has 0 spiro atoms. The van der Waals surface area contributed by atoms with Crippen LogP contribution in [0, 0.1) is 0 Å². The lowest BCUT2D eigenvalue weighted by atomic mass is 10.1. The zero-order valence-electron chi connectivity index (χ0n) is 16.8. The molecule has 1 amide bonds. The Kier molecular flexibility index (Phi) is 5.68. The third-order valence-corrected chi connectivity index (χ3v) is 8.91. The molecule has 0 radical (unpaired) electrons. The summed E-state index contributed by atoms with van der Waals surface area (Å²) in [7, 11) is -3.80. The molecule has 1 fully saturated rings. The standard InChI is InChI=1S/C22H19ClN2O5S2/c23-17-6-5-15(12-20(17)32(27,28)25-7-9-29-10-8-25)24-22(26)19-11-14-13-30-18-4-2-1-3-16(18)21(14)31-19/h1-6,11-12H,7-10,13H2,(H,24,26). The van der Waals surface area contributed by atoms with Crippen LogP contribution in [-0.4, -0.2) is 44.9 Å². The van der Waals surface area contributed by atoms with Gasteiger partial charge in [0.2, 0.25) is 10.0 Å². The number of rotatable bonds is 4. The summed E-state index contributed by atoms with van der Waals surface area (Å²) < 4.78 is 38.4. The fourth-order valence-corrected chi connectivity index (χ4v) is 6.71. The quantitative estimate of drug-likeness (QED) is 0.591. The van der Waals surface area contributed by atoms with Crippen molar-refractivity contribution < 1.29 is 22.7 Å². The smallest absolute Gasteiger partial charge is 0.265 e. The molecular formula is C22H19ClN2O5S2. The topological polar surface area (TPSA) is 84.9 Å². The van der Waals surface area contributed by atoms with E-state index >= 15 is 0 Å². The van der Waals surface area contributed by atoms with Gasteiger partial charge in [0.15, 0.2) is 0 Å². The zero-order valence-corrected chi connectivity index (χ0v) is 19.2. The summed E-state index contributed by atoms with van der Waals surface area (Å²) in [5.74, 6) is 0.475. The molecule has 1 aromatic heterocycles. The van der Waals surface area contributed by atoms with Crippen molar-refractivity contribution in [1.29, 1.82) is 0 Å². The van der Waals surface area contributed by atoms with Crippen molar-refractivity contribution in [2.45, 2.75) is 11.5 Å². The lowest BCUT2D eigenvalue weighted by Gasteiger charge is -2.26. The van der Waals surface area contributed by atoms with Crippen LogP contribution < -0.4 is 10.1 Å². The van der Waals surface area contributed by atoms with Crippen LogP contribution in [-0.2, 0) is 21.4 Å². The second-order valence-corrected chi connectivity index (χ2v) is 10.7. The van der Waals surface area contributed by atoms with Crippen LogP contribution in [0.1, 0.15) is 15.2 Å². The molecular weight excluding hydrogens is 472 g/mol. The average Bonchev–Trinajstić information content (AvgIpc) is 3.26. The molecule has 1 saturated heterocycles. The highest BCUT2D eigenvalue weighted by molar-refractivity contribution is 7.89. The molecule has 2 aliphatic heterocycles. The zero-order chi connectivity index (χ0) is 22.3. The number of morpholine rings is 1. The number of hydrogen-bond acceptors (Lipinski definition) is 6. The maximum atomic E-state index is 13.0. The number of fused-ring (bicyclic) bond motifs is 3. The van der Waals surface area contributed by atoms with E-state index in [1.807, 2.05) is 30.3 Å². The minimum atomic E-state index is -3.80. The van der Waals surface area contributed by atoms with E-state index < -0.39 is 10.0 Å². The van der Waals surface area contributed by atoms with Crippen LogP contribution in [0.15, 0.2) is 53.4 Å². The van der Waals surface area contributed by atoms with Crippen molar-refractivity contribution in [3.05, 3.63) is 64.0 Å². The lowest BCUT2D eigenvalue weighted by Crippen LogP contribution is -2.40. The van der Waals surface area contributed by atoms with Crippen LogP contribution >= 0.6 is 22.9 Å². The van der Waals surface area contributed by atoms with Gasteiger partial charge in [-0.15, -0.1) is 11.3 Å². The Hall–Kier alpha value is -2.43. The largest absolute Gasteiger partial charge is 0.488 e. The van der Waals surface area contributed by atoms with E-state index in [9.17, 15) is 13.2 Å².